The number of nitrogens with zero attached hydrogens (tertiary/aromatic N) is 2. The van der Waals surface area contributed by atoms with Crippen molar-refractivity contribution in [1.82, 2.24) is 4.98 Å². The largest absolute Gasteiger partial charge is 0.481 e. The predicted octanol–water partition coefficient (Wildman–Crippen LogP) is 4.98. The SMILES string of the molecule is CCC(C(=O)O)C1CN=C(c2cc3cccc(N(C)S(=O)(=O)c4ccccc4C(F)(F)F)c3[nH]2)S1. The van der Waals surface area contributed by atoms with Crippen LogP contribution < -0.4 is 4.31 Å². The van der Waals surface area contributed by atoms with Gasteiger partial charge in [-0.15, -0.1) is 0 Å². The number of sulfonamides is 1. The molecule has 0 saturated heterocycles. The number of aromatic amines is 1. The number of aliphatic imine (C=N–C) groups is 1. The van der Waals surface area contributed by atoms with Gasteiger partial charge in [-0.05, 0) is 30.7 Å². The molecule has 2 N–H and O–H groups in total. The first-order chi connectivity index (χ1) is 16.4. The van der Waals surface area contributed by atoms with Crippen molar-refractivity contribution < 1.29 is 31.5 Å². The number of benzene rings is 2. The third kappa shape index (κ3) is 4.64. The van der Waals surface area contributed by atoms with Gasteiger partial charge < -0.3 is 10.1 Å². The fourth-order valence-electron chi connectivity index (χ4n) is 4.07. The maximum Gasteiger partial charge on any atom is 0.417 e. The fourth-order valence-corrected chi connectivity index (χ4v) is 6.78. The number of thioether (sulfide) groups is 1. The lowest BCUT2D eigenvalue weighted by Gasteiger charge is -2.22. The summed E-state index contributed by atoms with van der Waals surface area (Å²) in [6, 6.07) is 10.7. The molecule has 4 rings (SSSR count). The van der Waals surface area contributed by atoms with E-state index in [1.165, 1.54) is 30.9 Å². The molecule has 3 aromatic rings. The third-order valence-corrected chi connectivity index (χ3v) is 9.10. The molecule has 7 nitrogen and oxygen atoms in total. The van der Waals surface area contributed by atoms with Crippen molar-refractivity contribution in [2.45, 2.75) is 29.7 Å². The highest BCUT2D eigenvalue weighted by Crippen LogP contribution is 2.38. The Bertz CT molecular complexity index is 1420. The number of anilines is 1. The Balaban J connectivity index is 1.70. The summed E-state index contributed by atoms with van der Waals surface area (Å²) in [6.07, 6.45) is -4.37. The molecular formula is C23H22F3N3O4S2. The Kier molecular flexibility index (Phi) is 6.62. The van der Waals surface area contributed by atoms with E-state index in [2.05, 4.69) is 9.98 Å². The Morgan fingerprint density at radius 3 is 2.63 bits per heavy atom. The number of carboxylic acids is 1. The molecule has 2 atom stereocenters. The quantitative estimate of drug-likeness (QED) is 0.453. The number of fused-ring (bicyclic) bond motifs is 1. The molecule has 35 heavy (non-hydrogen) atoms. The molecule has 0 spiro atoms. The van der Waals surface area contributed by atoms with Crippen molar-refractivity contribution in [3.8, 4) is 0 Å². The van der Waals surface area contributed by atoms with E-state index < -0.39 is 38.5 Å². The molecule has 2 heterocycles. The van der Waals surface area contributed by atoms with E-state index in [0.29, 0.717) is 34.6 Å². The Morgan fingerprint density at radius 1 is 1.26 bits per heavy atom. The summed E-state index contributed by atoms with van der Waals surface area (Å²) in [4.78, 5) is 18.3. The zero-order chi connectivity index (χ0) is 25.5. The maximum atomic E-state index is 13.5. The lowest BCUT2D eigenvalue weighted by molar-refractivity contribution is -0.142. The van der Waals surface area contributed by atoms with E-state index in [9.17, 15) is 31.5 Å². The minimum atomic E-state index is -4.84. The zero-order valence-corrected chi connectivity index (χ0v) is 20.3. The van der Waals surface area contributed by atoms with Crippen LogP contribution in [-0.4, -0.2) is 48.4 Å². The summed E-state index contributed by atoms with van der Waals surface area (Å²) in [5.74, 6) is -1.43. The summed E-state index contributed by atoms with van der Waals surface area (Å²) >= 11 is 1.34. The molecule has 0 amide bonds. The van der Waals surface area contributed by atoms with Crippen molar-refractivity contribution in [3.63, 3.8) is 0 Å². The van der Waals surface area contributed by atoms with Crippen LogP contribution in [0.3, 0.4) is 0 Å². The normalized spacial score (nSPS) is 17.4. The van der Waals surface area contributed by atoms with Crippen LogP contribution in [0.15, 0.2) is 58.4 Å². The van der Waals surface area contributed by atoms with Crippen LogP contribution in [0.2, 0.25) is 0 Å². The van der Waals surface area contributed by atoms with Crippen molar-refractivity contribution in [3.05, 3.63) is 59.8 Å². The van der Waals surface area contributed by atoms with Gasteiger partial charge in [0, 0.05) is 17.7 Å². The van der Waals surface area contributed by atoms with E-state index >= 15 is 0 Å². The van der Waals surface area contributed by atoms with Crippen LogP contribution in [-0.2, 0) is 21.0 Å². The Hall–Kier alpha value is -2.99. The average Bonchev–Trinajstić information content (AvgIpc) is 3.45. The zero-order valence-electron chi connectivity index (χ0n) is 18.7. The maximum absolute atomic E-state index is 13.5. The van der Waals surface area contributed by atoms with Gasteiger partial charge in [0.1, 0.15) is 5.04 Å². The number of aromatic nitrogens is 1. The molecule has 1 aromatic heterocycles. The molecule has 1 aliphatic rings. The second-order valence-electron chi connectivity index (χ2n) is 8.05. The van der Waals surface area contributed by atoms with E-state index in [1.54, 1.807) is 25.1 Å². The van der Waals surface area contributed by atoms with Gasteiger partial charge in [-0.25, -0.2) is 8.42 Å². The Labute approximate surface area is 204 Å². The van der Waals surface area contributed by atoms with Crippen LogP contribution in [0.1, 0.15) is 24.6 Å². The number of hydrogen-bond donors (Lipinski definition) is 2. The van der Waals surface area contributed by atoms with Crippen LogP contribution in [0.25, 0.3) is 10.9 Å². The van der Waals surface area contributed by atoms with E-state index in [4.69, 9.17) is 0 Å². The molecular weight excluding hydrogens is 503 g/mol. The molecule has 12 heteroatoms. The number of carboxylic acid groups (broad SMARTS) is 1. The highest BCUT2D eigenvalue weighted by molar-refractivity contribution is 8.15. The Morgan fingerprint density at radius 2 is 1.97 bits per heavy atom. The molecule has 186 valence electrons. The number of aliphatic carboxylic acids is 1. The van der Waals surface area contributed by atoms with E-state index in [-0.39, 0.29) is 10.9 Å². The van der Waals surface area contributed by atoms with Crippen molar-refractivity contribution in [2.75, 3.05) is 17.9 Å². The number of para-hydroxylation sites is 1. The van der Waals surface area contributed by atoms with Crippen molar-refractivity contribution in [1.29, 1.82) is 0 Å². The molecule has 0 aliphatic carbocycles. The molecule has 2 aromatic carbocycles. The van der Waals surface area contributed by atoms with Crippen molar-refractivity contribution >= 4 is 49.4 Å². The standard InChI is InChI=1S/C23H22F3N3O4S2/c1-3-14(22(30)31)18-12-27-21(34-18)16-11-13-7-6-9-17(20(13)28-16)29(2)35(32,33)19-10-5-4-8-15(19)23(24,25)26/h4-11,14,18,28H,3,12H2,1-2H3,(H,30,31). The average molecular weight is 526 g/mol. The number of alkyl halides is 3. The topological polar surface area (TPSA) is 103 Å². The number of nitrogens with one attached hydrogen (secondary N) is 1. The lowest BCUT2D eigenvalue weighted by atomic mass is 10.0. The summed E-state index contributed by atoms with van der Waals surface area (Å²) in [5, 5.41) is 10.5. The van der Waals surface area contributed by atoms with Gasteiger partial charge in [0.25, 0.3) is 10.0 Å². The van der Waals surface area contributed by atoms with Gasteiger partial charge >= 0.3 is 12.1 Å². The predicted molar refractivity (Wildman–Crippen MR) is 130 cm³/mol. The minimum Gasteiger partial charge on any atom is -0.481 e. The minimum absolute atomic E-state index is 0.169. The first kappa shape index (κ1) is 25.1. The highest BCUT2D eigenvalue weighted by atomic mass is 32.2. The van der Waals surface area contributed by atoms with Gasteiger partial charge in [0.15, 0.2) is 0 Å². The fraction of sp³-hybridized carbons (Fsp3) is 0.304. The molecule has 0 radical (unpaired) electrons. The summed E-state index contributed by atoms with van der Waals surface area (Å²) in [5.41, 5.74) is -0.0718. The number of carbonyl (C=O) groups is 1. The first-order valence-corrected chi connectivity index (χ1v) is 13.0. The van der Waals surface area contributed by atoms with Crippen LogP contribution in [0, 0.1) is 5.92 Å². The van der Waals surface area contributed by atoms with Crippen molar-refractivity contribution in [2.24, 2.45) is 10.9 Å². The summed E-state index contributed by atoms with van der Waals surface area (Å²) < 4.78 is 67.8. The smallest absolute Gasteiger partial charge is 0.417 e. The molecule has 0 fully saturated rings. The van der Waals surface area contributed by atoms with Gasteiger partial charge in [-0.1, -0.05) is 43.0 Å². The molecule has 1 aliphatic heterocycles. The van der Waals surface area contributed by atoms with Crippen LogP contribution >= 0.6 is 11.8 Å². The molecule has 0 bridgehead atoms. The second kappa shape index (κ2) is 9.23. The first-order valence-electron chi connectivity index (χ1n) is 10.7. The number of hydrogen-bond acceptors (Lipinski definition) is 5. The molecule has 0 saturated carbocycles. The summed E-state index contributed by atoms with van der Waals surface area (Å²) in [7, 11) is -3.34. The summed E-state index contributed by atoms with van der Waals surface area (Å²) in [6.45, 7) is 2.15. The number of halogens is 3. The van der Waals surface area contributed by atoms with E-state index in [0.717, 1.165) is 22.5 Å². The van der Waals surface area contributed by atoms with E-state index in [1.807, 2.05) is 0 Å². The number of rotatable bonds is 7. The van der Waals surface area contributed by atoms with Crippen LogP contribution in [0.4, 0.5) is 18.9 Å². The van der Waals surface area contributed by atoms with Gasteiger partial charge in [-0.2, -0.15) is 13.2 Å². The monoisotopic (exact) mass is 525 g/mol. The lowest BCUT2D eigenvalue weighted by Crippen LogP contribution is -2.29. The van der Waals surface area contributed by atoms with Gasteiger partial charge in [0.2, 0.25) is 0 Å². The second-order valence-corrected chi connectivity index (χ2v) is 11.2. The molecule has 2 unspecified atom stereocenters. The number of H-pyrrole nitrogens is 1. The van der Waals surface area contributed by atoms with Crippen LogP contribution in [0.5, 0.6) is 0 Å². The van der Waals surface area contributed by atoms with Gasteiger partial charge in [-0.3, -0.25) is 14.1 Å². The third-order valence-electron chi connectivity index (χ3n) is 5.92. The van der Waals surface area contributed by atoms with Gasteiger partial charge in [0.05, 0.1) is 39.8 Å². The highest BCUT2D eigenvalue weighted by Gasteiger charge is 2.38.